The highest BCUT2D eigenvalue weighted by atomic mass is 16.6. The molecule has 0 spiro atoms. The third-order valence-corrected chi connectivity index (χ3v) is 7.47. The summed E-state index contributed by atoms with van der Waals surface area (Å²) in [6.45, 7) is 11.4. The Morgan fingerprint density at radius 3 is 2.05 bits per heavy atom. The fourth-order valence-corrected chi connectivity index (χ4v) is 5.03. The summed E-state index contributed by atoms with van der Waals surface area (Å²) in [5.74, 6) is -0.910. The van der Waals surface area contributed by atoms with Crippen LogP contribution in [-0.2, 0) is 35.9 Å². The number of alkyl carbamates (subject to hydrolysis) is 1. The van der Waals surface area contributed by atoms with E-state index in [0.717, 1.165) is 11.1 Å². The van der Waals surface area contributed by atoms with Crippen molar-refractivity contribution in [2.24, 2.45) is 0 Å². The van der Waals surface area contributed by atoms with Gasteiger partial charge in [0.05, 0.1) is 13.2 Å². The molecule has 0 aliphatic carbocycles. The number of amides is 4. The highest BCUT2D eigenvalue weighted by molar-refractivity contribution is 5.93. The number of nitrogens with one attached hydrogen (secondary N) is 3. The lowest BCUT2D eigenvalue weighted by Crippen LogP contribution is -2.61. The molecular formula is C33H46N4O6. The molecule has 1 saturated heterocycles. The first-order chi connectivity index (χ1) is 20.2. The fourth-order valence-electron chi connectivity index (χ4n) is 5.03. The van der Waals surface area contributed by atoms with E-state index >= 15 is 0 Å². The van der Waals surface area contributed by atoms with Gasteiger partial charge in [0.2, 0.25) is 17.7 Å². The van der Waals surface area contributed by atoms with Gasteiger partial charge in [0.25, 0.3) is 0 Å². The van der Waals surface area contributed by atoms with Crippen molar-refractivity contribution in [3.63, 3.8) is 0 Å². The van der Waals surface area contributed by atoms with Gasteiger partial charge in [0.1, 0.15) is 17.2 Å². The minimum atomic E-state index is -1.36. The molecular weight excluding hydrogens is 548 g/mol. The summed E-state index contributed by atoms with van der Waals surface area (Å²) in [6, 6.07) is 18.6. The number of rotatable bonds is 11. The molecule has 1 aliphatic heterocycles. The van der Waals surface area contributed by atoms with Crippen molar-refractivity contribution in [2.45, 2.75) is 83.6 Å². The van der Waals surface area contributed by atoms with Gasteiger partial charge in [-0.2, -0.15) is 0 Å². The Morgan fingerprint density at radius 2 is 1.49 bits per heavy atom. The molecule has 1 atom stereocenters. The third kappa shape index (κ3) is 10.1. The monoisotopic (exact) mass is 594 g/mol. The van der Waals surface area contributed by atoms with E-state index in [1.165, 1.54) is 6.92 Å². The molecule has 2 aromatic rings. The first-order valence-corrected chi connectivity index (χ1v) is 14.7. The molecule has 10 heteroatoms. The van der Waals surface area contributed by atoms with E-state index in [1.807, 2.05) is 48.5 Å². The summed E-state index contributed by atoms with van der Waals surface area (Å²) in [7, 11) is 0. The summed E-state index contributed by atoms with van der Waals surface area (Å²) in [6.07, 6.45) is 0.545. The highest BCUT2D eigenvalue weighted by Gasteiger charge is 2.40. The maximum Gasteiger partial charge on any atom is 0.408 e. The number of hydrogen-bond acceptors (Lipinski definition) is 6. The summed E-state index contributed by atoms with van der Waals surface area (Å²) in [5, 5.41) is 8.39. The molecule has 4 amide bonds. The number of benzene rings is 2. The molecule has 10 nitrogen and oxygen atoms in total. The van der Waals surface area contributed by atoms with Gasteiger partial charge < -0.3 is 30.3 Å². The van der Waals surface area contributed by atoms with Gasteiger partial charge in [0.15, 0.2) is 0 Å². The van der Waals surface area contributed by atoms with Crippen LogP contribution in [0.25, 0.3) is 0 Å². The largest absolute Gasteiger partial charge is 0.444 e. The topological polar surface area (TPSA) is 126 Å². The zero-order valence-corrected chi connectivity index (χ0v) is 26.2. The standard InChI is InChI=1S/C33H46N4O6/c1-24(38)34-23-33(26-15-11-8-12-16-26)17-19-37(20-18-33)28(39)27(22-42-21-25-13-9-7-10-14-25)35-29(40)32(5,6)36-30(41)43-31(2,3)4/h7-16,27H,17-23H2,1-6H3,(H,34,38)(H,35,40)(H,36,41)/t27-/m1/s1. The average Bonchev–Trinajstić information content (AvgIpc) is 2.95. The Bertz CT molecular complexity index is 1240. The molecule has 1 heterocycles. The maximum absolute atomic E-state index is 13.9. The fraction of sp³-hybridized carbons (Fsp3) is 0.515. The van der Waals surface area contributed by atoms with Crippen LogP contribution in [0.2, 0.25) is 0 Å². The van der Waals surface area contributed by atoms with E-state index in [9.17, 15) is 19.2 Å². The quantitative estimate of drug-likeness (QED) is 0.364. The van der Waals surface area contributed by atoms with Gasteiger partial charge in [-0.1, -0.05) is 60.7 Å². The Morgan fingerprint density at radius 1 is 0.907 bits per heavy atom. The van der Waals surface area contributed by atoms with Gasteiger partial charge in [-0.25, -0.2) is 4.79 Å². The molecule has 0 radical (unpaired) electrons. The molecule has 3 rings (SSSR count). The molecule has 2 aromatic carbocycles. The van der Waals surface area contributed by atoms with Crippen LogP contribution < -0.4 is 16.0 Å². The van der Waals surface area contributed by atoms with E-state index in [-0.39, 0.29) is 30.4 Å². The summed E-state index contributed by atoms with van der Waals surface area (Å²) >= 11 is 0. The van der Waals surface area contributed by atoms with Gasteiger partial charge >= 0.3 is 6.09 Å². The van der Waals surface area contributed by atoms with E-state index < -0.39 is 29.2 Å². The molecule has 1 aliphatic rings. The van der Waals surface area contributed by atoms with Crippen LogP contribution >= 0.6 is 0 Å². The molecule has 3 N–H and O–H groups in total. The summed E-state index contributed by atoms with van der Waals surface area (Å²) in [5.41, 5.74) is -0.351. The lowest BCUT2D eigenvalue weighted by Gasteiger charge is -2.43. The highest BCUT2D eigenvalue weighted by Crippen LogP contribution is 2.35. The van der Waals surface area contributed by atoms with Crippen LogP contribution in [0.5, 0.6) is 0 Å². The zero-order chi connectivity index (χ0) is 31.7. The Labute approximate surface area is 254 Å². The first-order valence-electron chi connectivity index (χ1n) is 14.7. The van der Waals surface area contributed by atoms with E-state index in [1.54, 1.807) is 39.5 Å². The normalized spacial score (nSPS) is 15.6. The second kappa shape index (κ2) is 14.5. The number of hydrogen-bond donors (Lipinski definition) is 3. The van der Waals surface area contributed by atoms with Crippen LogP contribution in [0, 0.1) is 0 Å². The van der Waals surface area contributed by atoms with Crippen LogP contribution in [0.1, 0.15) is 65.5 Å². The van der Waals surface area contributed by atoms with Crippen LogP contribution in [0.3, 0.4) is 0 Å². The third-order valence-electron chi connectivity index (χ3n) is 7.47. The number of ether oxygens (including phenoxy) is 2. The Kier molecular flexibility index (Phi) is 11.3. The SMILES string of the molecule is CC(=O)NCC1(c2ccccc2)CCN(C(=O)[C@@H](COCc2ccccc2)NC(=O)C(C)(C)NC(=O)OC(C)(C)C)CC1. The number of carbonyl (C=O) groups is 4. The molecule has 0 unspecified atom stereocenters. The Hall–Kier alpha value is -3.92. The molecule has 43 heavy (non-hydrogen) atoms. The van der Waals surface area contributed by atoms with E-state index in [4.69, 9.17) is 9.47 Å². The summed E-state index contributed by atoms with van der Waals surface area (Å²) < 4.78 is 11.2. The molecule has 1 fully saturated rings. The van der Waals surface area contributed by atoms with Crippen molar-refractivity contribution in [1.29, 1.82) is 0 Å². The van der Waals surface area contributed by atoms with Crippen molar-refractivity contribution in [3.05, 3.63) is 71.8 Å². The van der Waals surface area contributed by atoms with Crippen LogP contribution in [0.15, 0.2) is 60.7 Å². The Balaban J connectivity index is 1.74. The van der Waals surface area contributed by atoms with E-state index in [2.05, 4.69) is 28.1 Å². The van der Waals surface area contributed by atoms with E-state index in [0.29, 0.717) is 32.5 Å². The first kappa shape index (κ1) is 33.6. The predicted octanol–water partition coefficient (Wildman–Crippen LogP) is 3.69. The number of nitrogens with zero attached hydrogens (tertiary/aromatic N) is 1. The lowest BCUT2D eigenvalue weighted by atomic mass is 9.72. The second-order valence-corrected chi connectivity index (χ2v) is 12.7. The molecule has 0 bridgehead atoms. The molecule has 234 valence electrons. The van der Waals surface area contributed by atoms with Crippen molar-refractivity contribution < 1.29 is 28.7 Å². The number of piperidine rings is 1. The maximum atomic E-state index is 13.9. The van der Waals surface area contributed by atoms with Crippen molar-refractivity contribution in [3.8, 4) is 0 Å². The minimum Gasteiger partial charge on any atom is -0.444 e. The van der Waals surface area contributed by atoms with Crippen molar-refractivity contribution in [2.75, 3.05) is 26.2 Å². The molecule has 0 aromatic heterocycles. The number of likely N-dealkylation sites (tertiary alicyclic amines) is 1. The van der Waals surface area contributed by atoms with Crippen LogP contribution in [-0.4, -0.2) is 72.1 Å². The molecule has 0 saturated carbocycles. The van der Waals surface area contributed by atoms with Gasteiger partial charge in [0, 0.05) is 32.0 Å². The average molecular weight is 595 g/mol. The van der Waals surface area contributed by atoms with Gasteiger partial charge in [-0.15, -0.1) is 0 Å². The summed E-state index contributed by atoms with van der Waals surface area (Å²) in [4.78, 5) is 53.2. The number of carbonyl (C=O) groups excluding carboxylic acids is 4. The second-order valence-electron chi connectivity index (χ2n) is 12.7. The zero-order valence-electron chi connectivity index (χ0n) is 26.2. The van der Waals surface area contributed by atoms with Crippen molar-refractivity contribution >= 4 is 23.8 Å². The van der Waals surface area contributed by atoms with Gasteiger partial charge in [-0.3, -0.25) is 14.4 Å². The predicted molar refractivity (Wildman–Crippen MR) is 164 cm³/mol. The van der Waals surface area contributed by atoms with Crippen LogP contribution in [0.4, 0.5) is 4.79 Å². The minimum absolute atomic E-state index is 0.0474. The smallest absolute Gasteiger partial charge is 0.408 e. The van der Waals surface area contributed by atoms with Crippen molar-refractivity contribution in [1.82, 2.24) is 20.9 Å². The van der Waals surface area contributed by atoms with Gasteiger partial charge in [-0.05, 0) is 58.6 Å². The lowest BCUT2D eigenvalue weighted by molar-refractivity contribution is -0.141.